The molecule has 0 aliphatic carbocycles. The summed E-state index contributed by atoms with van der Waals surface area (Å²) in [6.45, 7) is 0. The van der Waals surface area contributed by atoms with Gasteiger partial charge in [-0.25, -0.2) is 0 Å². The van der Waals surface area contributed by atoms with Crippen LogP contribution in [0.2, 0.25) is 0 Å². The van der Waals surface area contributed by atoms with E-state index in [4.69, 9.17) is 0 Å². The van der Waals surface area contributed by atoms with Gasteiger partial charge in [0.1, 0.15) is 0 Å². The predicted molar refractivity (Wildman–Crippen MR) is 95.3 cm³/mol. The third-order valence-electron chi connectivity index (χ3n) is 3.70. The first-order valence-corrected chi connectivity index (χ1v) is 6.75. The van der Waals surface area contributed by atoms with Crippen molar-refractivity contribution >= 4 is 21.7 Å². The van der Waals surface area contributed by atoms with E-state index in [0.717, 1.165) is 5.52 Å². The van der Waals surface area contributed by atoms with Gasteiger partial charge in [0.25, 0.3) is 0 Å². The Balaban J connectivity index is 0. The van der Waals surface area contributed by atoms with Crippen molar-refractivity contribution in [1.29, 1.82) is 0 Å². The van der Waals surface area contributed by atoms with Crippen molar-refractivity contribution in [2.24, 2.45) is 0 Å². The van der Waals surface area contributed by atoms with Gasteiger partial charge >= 0.3 is 21.1 Å². The summed E-state index contributed by atoms with van der Waals surface area (Å²) < 4.78 is 0. The van der Waals surface area contributed by atoms with Crippen LogP contribution in [0.1, 0.15) is 0 Å². The SMILES string of the molecule is [Cl-].[Cl-].[NH2-].[NH2-].[Pt+4].c1ccc(-c2ccc3ncc4ccccc4c3c2)cc1. The van der Waals surface area contributed by atoms with Crippen LogP contribution in [-0.4, -0.2) is 4.98 Å². The molecule has 3 aromatic carbocycles. The third kappa shape index (κ3) is 5.01. The smallest absolute Gasteiger partial charge is 1.00 e. The largest absolute Gasteiger partial charge is 4.00 e. The molecule has 0 spiro atoms. The number of pyridine rings is 1. The minimum Gasteiger partial charge on any atom is -1.00 e. The minimum atomic E-state index is 0. The Hall–Kier alpha value is -1.48. The first kappa shape index (κ1) is 25.8. The van der Waals surface area contributed by atoms with Gasteiger partial charge in [0.2, 0.25) is 0 Å². The molecule has 0 aliphatic rings. The Kier molecular flexibility index (Phi) is 11.5. The normalized spacial score (nSPS) is 8.80. The second-order valence-electron chi connectivity index (χ2n) is 4.94. The first-order chi connectivity index (χ1) is 9.92. The molecular formula is C19H17Cl2N3Pt. The molecule has 4 aromatic rings. The van der Waals surface area contributed by atoms with Crippen molar-refractivity contribution in [1.82, 2.24) is 4.98 Å². The van der Waals surface area contributed by atoms with Gasteiger partial charge in [0.05, 0.1) is 5.52 Å². The van der Waals surface area contributed by atoms with Crippen molar-refractivity contribution in [3.8, 4) is 11.1 Å². The third-order valence-corrected chi connectivity index (χ3v) is 3.70. The summed E-state index contributed by atoms with van der Waals surface area (Å²) >= 11 is 0. The van der Waals surface area contributed by atoms with Gasteiger partial charge in [0.15, 0.2) is 0 Å². The van der Waals surface area contributed by atoms with Crippen LogP contribution in [0.25, 0.3) is 45.1 Å². The fourth-order valence-electron chi connectivity index (χ4n) is 2.67. The van der Waals surface area contributed by atoms with Crippen molar-refractivity contribution in [3.63, 3.8) is 0 Å². The Morgan fingerprint density at radius 3 is 1.96 bits per heavy atom. The van der Waals surface area contributed by atoms with E-state index in [-0.39, 0.29) is 58.2 Å². The molecule has 0 saturated heterocycles. The van der Waals surface area contributed by atoms with Crippen LogP contribution < -0.4 is 24.8 Å². The Bertz CT molecular complexity index is 918. The molecule has 132 valence electrons. The van der Waals surface area contributed by atoms with Crippen LogP contribution >= 0.6 is 0 Å². The van der Waals surface area contributed by atoms with E-state index in [1.807, 2.05) is 12.3 Å². The summed E-state index contributed by atoms with van der Waals surface area (Å²) in [7, 11) is 0. The standard InChI is InChI=1S/C19H13N.2ClH.2H2N.Pt/c1-2-6-14(7-3-1)15-10-11-19-18(12-15)17-9-5-4-8-16(17)13-20-19;;;;;/h1-13H;2*1H;2*1H2;/q;;;2*-1;+4/p-2. The molecule has 25 heavy (non-hydrogen) atoms. The van der Waals surface area contributed by atoms with Crippen LogP contribution in [-0.2, 0) is 21.1 Å². The first-order valence-electron chi connectivity index (χ1n) is 6.75. The molecule has 6 heteroatoms. The Labute approximate surface area is 174 Å². The molecule has 0 unspecified atom stereocenters. The minimum absolute atomic E-state index is 0. The molecule has 0 atom stereocenters. The van der Waals surface area contributed by atoms with Gasteiger partial charge in [-0.05, 0) is 28.6 Å². The van der Waals surface area contributed by atoms with E-state index in [2.05, 4.69) is 71.7 Å². The fraction of sp³-hybridized carbons (Fsp3) is 0. The molecule has 4 rings (SSSR count). The van der Waals surface area contributed by atoms with Crippen LogP contribution in [0, 0.1) is 0 Å². The van der Waals surface area contributed by atoms with Crippen LogP contribution in [0.4, 0.5) is 0 Å². The van der Waals surface area contributed by atoms with E-state index < -0.39 is 0 Å². The second-order valence-corrected chi connectivity index (χ2v) is 4.94. The molecule has 1 heterocycles. The van der Waals surface area contributed by atoms with Crippen LogP contribution in [0.5, 0.6) is 0 Å². The van der Waals surface area contributed by atoms with Gasteiger partial charge in [-0.3, -0.25) is 4.98 Å². The summed E-state index contributed by atoms with van der Waals surface area (Å²) in [6.07, 6.45) is 1.94. The van der Waals surface area contributed by atoms with Gasteiger partial charge < -0.3 is 37.1 Å². The zero-order chi connectivity index (χ0) is 13.4. The summed E-state index contributed by atoms with van der Waals surface area (Å²) in [6, 6.07) is 25.3. The van der Waals surface area contributed by atoms with E-state index in [1.54, 1.807) is 0 Å². The molecule has 3 nitrogen and oxygen atoms in total. The average molecular weight is 553 g/mol. The van der Waals surface area contributed by atoms with Crippen LogP contribution in [0.3, 0.4) is 0 Å². The number of halogens is 2. The predicted octanol–water partition coefficient (Wildman–Crippen LogP) is 0.495. The fourth-order valence-corrected chi connectivity index (χ4v) is 2.67. The topological polar surface area (TPSA) is 79.9 Å². The average Bonchev–Trinajstić information content (AvgIpc) is 2.55. The number of hydrogen-bond acceptors (Lipinski definition) is 1. The van der Waals surface area contributed by atoms with E-state index in [0.29, 0.717) is 0 Å². The maximum atomic E-state index is 4.54. The quantitative estimate of drug-likeness (QED) is 0.317. The van der Waals surface area contributed by atoms with E-state index in [1.165, 1.54) is 27.3 Å². The number of aromatic nitrogens is 1. The Morgan fingerprint density at radius 2 is 1.24 bits per heavy atom. The number of rotatable bonds is 1. The maximum absolute atomic E-state index is 4.54. The van der Waals surface area contributed by atoms with E-state index >= 15 is 0 Å². The van der Waals surface area contributed by atoms with Gasteiger partial charge in [0, 0.05) is 17.0 Å². The number of nitrogens with two attached hydrogens (primary N) is 2. The molecule has 0 bridgehead atoms. The number of benzene rings is 3. The van der Waals surface area contributed by atoms with Gasteiger partial charge in [-0.2, -0.15) is 0 Å². The van der Waals surface area contributed by atoms with Crippen molar-refractivity contribution in [2.45, 2.75) is 0 Å². The second kappa shape index (κ2) is 11.2. The molecule has 1 aromatic heterocycles. The molecule has 0 saturated carbocycles. The monoisotopic (exact) mass is 552 g/mol. The molecular weight excluding hydrogens is 536 g/mol. The summed E-state index contributed by atoms with van der Waals surface area (Å²) in [5.41, 5.74) is 3.52. The van der Waals surface area contributed by atoms with Crippen molar-refractivity contribution in [3.05, 3.63) is 91.3 Å². The maximum Gasteiger partial charge on any atom is 4.00 e. The molecule has 0 radical (unpaired) electrons. The summed E-state index contributed by atoms with van der Waals surface area (Å²) in [4.78, 5) is 4.54. The van der Waals surface area contributed by atoms with Gasteiger partial charge in [-0.1, -0.05) is 60.7 Å². The van der Waals surface area contributed by atoms with E-state index in [9.17, 15) is 0 Å². The zero-order valence-electron chi connectivity index (χ0n) is 13.2. The van der Waals surface area contributed by atoms with Gasteiger partial charge in [-0.15, -0.1) is 0 Å². The van der Waals surface area contributed by atoms with Crippen LogP contribution in [0.15, 0.2) is 79.0 Å². The Morgan fingerprint density at radius 1 is 0.600 bits per heavy atom. The number of nitrogens with zero attached hydrogens (tertiary/aromatic N) is 1. The molecule has 0 aliphatic heterocycles. The molecule has 0 amide bonds. The molecule has 4 N–H and O–H groups in total. The number of fused-ring (bicyclic) bond motifs is 3. The summed E-state index contributed by atoms with van der Waals surface area (Å²) in [5, 5.41) is 3.66. The number of hydrogen-bond donors (Lipinski definition) is 0. The van der Waals surface area contributed by atoms with Crippen molar-refractivity contribution in [2.75, 3.05) is 0 Å². The van der Waals surface area contributed by atoms with Crippen molar-refractivity contribution < 1.29 is 45.9 Å². The summed E-state index contributed by atoms with van der Waals surface area (Å²) in [5.74, 6) is 0. The zero-order valence-corrected chi connectivity index (χ0v) is 17.0. The molecule has 0 fully saturated rings.